The summed E-state index contributed by atoms with van der Waals surface area (Å²) < 4.78 is 33.4. The van der Waals surface area contributed by atoms with Crippen molar-refractivity contribution in [1.82, 2.24) is 14.6 Å². The molecule has 0 saturated carbocycles. The van der Waals surface area contributed by atoms with Crippen LogP contribution in [0.15, 0.2) is 78.0 Å². The van der Waals surface area contributed by atoms with Gasteiger partial charge in [-0.1, -0.05) is 29.8 Å². The molecule has 0 unspecified atom stereocenters. The van der Waals surface area contributed by atoms with E-state index in [1.807, 2.05) is 24.3 Å². The van der Waals surface area contributed by atoms with Crippen molar-refractivity contribution in [3.63, 3.8) is 0 Å². The number of sulfonamides is 1. The molecule has 36 heavy (non-hydrogen) atoms. The lowest BCUT2D eigenvalue weighted by molar-refractivity contribution is 0.132. The summed E-state index contributed by atoms with van der Waals surface area (Å²) in [5, 5.41) is 16.8. The number of pyridine rings is 1. The molecule has 1 aliphatic rings. The molecule has 1 fully saturated rings. The van der Waals surface area contributed by atoms with Crippen molar-refractivity contribution in [3.8, 4) is 6.07 Å². The second-order valence-electron chi connectivity index (χ2n) is 8.59. The molecule has 2 N–H and O–H groups in total. The van der Waals surface area contributed by atoms with E-state index in [2.05, 4.69) is 21.7 Å². The van der Waals surface area contributed by atoms with Gasteiger partial charge in [-0.05, 0) is 66.4 Å². The Morgan fingerprint density at radius 1 is 1.08 bits per heavy atom. The Balaban J connectivity index is 1.27. The largest absolute Gasteiger partial charge is 0.363 e. The van der Waals surface area contributed by atoms with Crippen LogP contribution in [-0.2, 0) is 26.7 Å². The summed E-state index contributed by atoms with van der Waals surface area (Å²) in [6, 6.07) is 20.1. The molecule has 0 spiro atoms. The van der Waals surface area contributed by atoms with Gasteiger partial charge in [0.2, 0.25) is 10.0 Å². The maximum atomic E-state index is 13.2. The highest BCUT2D eigenvalue weighted by atomic mass is 35.5. The van der Waals surface area contributed by atoms with Gasteiger partial charge in [-0.25, -0.2) is 8.42 Å². The van der Waals surface area contributed by atoms with Gasteiger partial charge in [-0.15, -0.1) is 0 Å². The fourth-order valence-electron chi connectivity index (χ4n) is 4.21. The molecule has 2 aromatic carbocycles. The zero-order chi connectivity index (χ0) is 25.4. The van der Waals surface area contributed by atoms with Crippen molar-refractivity contribution in [3.05, 3.63) is 89.2 Å². The number of benzene rings is 2. The van der Waals surface area contributed by atoms with Crippen molar-refractivity contribution in [2.75, 3.05) is 31.9 Å². The number of hydrogen-bond acceptors (Lipinski definition) is 7. The molecule has 1 saturated heterocycles. The van der Waals surface area contributed by atoms with Crippen LogP contribution in [0.2, 0.25) is 5.02 Å². The SMILES string of the molecule is N#CC1(c2cccc(Cl)c2)CCN(S(=O)(=O)c2ccc(NCOCNCc3cccnc3)cc2)CC1. The van der Waals surface area contributed by atoms with Gasteiger partial charge >= 0.3 is 0 Å². The number of hydrogen-bond donors (Lipinski definition) is 2. The van der Waals surface area contributed by atoms with Gasteiger partial charge in [0, 0.05) is 42.7 Å². The van der Waals surface area contributed by atoms with Crippen LogP contribution in [0.5, 0.6) is 0 Å². The van der Waals surface area contributed by atoms with Crippen LogP contribution in [0.3, 0.4) is 0 Å². The summed E-state index contributed by atoms with van der Waals surface area (Å²) in [7, 11) is -3.66. The molecule has 1 aromatic heterocycles. The quantitative estimate of drug-likeness (QED) is 0.303. The minimum atomic E-state index is -3.66. The summed E-state index contributed by atoms with van der Waals surface area (Å²) in [6.07, 6.45) is 4.35. The van der Waals surface area contributed by atoms with Crippen LogP contribution in [0.1, 0.15) is 24.0 Å². The smallest absolute Gasteiger partial charge is 0.243 e. The van der Waals surface area contributed by atoms with Crippen molar-refractivity contribution in [2.24, 2.45) is 0 Å². The Morgan fingerprint density at radius 2 is 1.86 bits per heavy atom. The Kier molecular flexibility index (Phi) is 8.56. The van der Waals surface area contributed by atoms with Crippen LogP contribution in [0.25, 0.3) is 0 Å². The van der Waals surface area contributed by atoms with Crippen LogP contribution in [-0.4, -0.2) is 44.3 Å². The molecule has 0 bridgehead atoms. The Morgan fingerprint density at radius 3 is 2.53 bits per heavy atom. The molecule has 10 heteroatoms. The van der Waals surface area contributed by atoms with Gasteiger partial charge in [0.15, 0.2) is 0 Å². The monoisotopic (exact) mass is 525 g/mol. The molecule has 0 atom stereocenters. The Labute approximate surface area is 216 Å². The summed E-state index contributed by atoms with van der Waals surface area (Å²) in [6.45, 7) is 1.83. The van der Waals surface area contributed by atoms with Gasteiger partial charge in [-0.3, -0.25) is 10.3 Å². The predicted molar refractivity (Wildman–Crippen MR) is 139 cm³/mol. The second-order valence-corrected chi connectivity index (χ2v) is 11.0. The van der Waals surface area contributed by atoms with E-state index >= 15 is 0 Å². The lowest BCUT2D eigenvalue weighted by Crippen LogP contribution is -2.44. The zero-order valence-corrected chi connectivity index (χ0v) is 21.3. The number of nitrogens with zero attached hydrogens (tertiary/aromatic N) is 3. The highest BCUT2D eigenvalue weighted by Gasteiger charge is 2.40. The van der Waals surface area contributed by atoms with Crippen LogP contribution in [0, 0.1) is 11.3 Å². The number of nitrogens with one attached hydrogen (secondary N) is 2. The number of aromatic nitrogens is 1. The molecule has 0 aliphatic carbocycles. The number of anilines is 1. The van der Waals surface area contributed by atoms with Gasteiger partial charge in [0.25, 0.3) is 0 Å². The fraction of sp³-hybridized carbons (Fsp3) is 0.308. The van der Waals surface area contributed by atoms with E-state index in [4.69, 9.17) is 16.3 Å². The standard InChI is InChI=1S/C26H28ClN5O3S/c27-23-5-1-4-22(15-23)26(18-28)10-13-32(14-11-26)36(33,34)25-8-6-24(7-9-25)31-20-35-19-30-17-21-3-2-12-29-16-21/h1-9,12,15-16,30-31H,10-11,13-14,17,19-20H2. The molecule has 2 heterocycles. The third-order valence-electron chi connectivity index (χ3n) is 6.29. The first-order valence-electron chi connectivity index (χ1n) is 11.6. The Hall–Kier alpha value is -3.00. The summed E-state index contributed by atoms with van der Waals surface area (Å²) in [4.78, 5) is 4.28. The molecule has 0 radical (unpaired) electrons. The molecule has 8 nitrogen and oxygen atoms in total. The van der Waals surface area contributed by atoms with Crippen LogP contribution in [0.4, 0.5) is 5.69 Å². The number of rotatable bonds is 10. The molecule has 1 aliphatic heterocycles. The van der Waals surface area contributed by atoms with Crippen molar-refractivity contribution >= 4 is 27.3 Å². The minimum Gasteiger partial charge on any atom is -0.363 e. The normalized spacial score (nSPS) is 15.8. The number of halogens is 1. The van der Waals surface area contributed by atoms with Gasteiger partial charge in [0.05, 0.1) is 23.1 Å². The molecule has 188 valence electrons. The summed E-state index contributed by atoms with van der Waals surface area (Å²) in [5.74, 6) is 0. The number of ether oxygens (including phenoxy) is 1. The maximum Gasteiger partial charge on any atom is 0.243 e. The van der Waals surface area contributed by atoms with Crippen molar-refractivity contribution in [1.29, 1.82) is 5.26 Å². The van der Waals surface area contributed by atoms with E-state index in [-0.39, 0.29) is 24.7 Å². The van der Waals surface area contributed by atoms with Gasteiger partial charge in [-0.2, -0.15) is 9.57 Å². The highest BCUT2D eigenvalue weighted by molar-refractivity contribution is 7.89. The van der Waals surface area contributed by atoms with Gasteiger partial charge in [0.1, 0.15) is 6.73 Å². The minimum absolute atomic E-state index is 0.222. The van der Waals surface area contributed by atoms with E-state index in [1.54, 1.807) is 48.8 Å². The molecule has 0 amide bonds. The number of nitriles is 1. The summed E-state index contributed by atoms with van der Waals surface area (Å²) >= 11 is 6.12. The topological polar surface area (TPSA) is 107 Å². The van der Waals surface area contributed by atoms with E-state index in [9.17, 15) is 13.7 Å². The lowest BCUT2D eigenvalue weighted by Gasteiger charge is -2.37. The van der Waals surface area contributed by atoms with E-state index < -0.39 is 15.4 Å². The van der Waals surface area contributed by atoms with E-state index in [1.165, 1.54) is 4.31 Å². The third kappa shape index (κ3) is 6.22. The second kappa shape index (κ2) is 11.8. The predicted octanol–water partition coefficient (Wildman–Crippen LogP) is 4.11. The molecule has 4 rings (SSSR count). The van der Waals surface area contributed by atoms with Gasteiger partial charge < -0.3 is 10.1 Å². The average molecular weight is 526 g/mol. The van der Waals surface area contributed by atoms with Crippen LogP contribution < -0.4 is 10.6 Å². The first-order valence-corrected chi connectivity index (χ1v) is 13.4. The van der Waals surface area contributed by atoms with E-state index in [0.717, 1.165) is 16.8 Å². The van der Waals surface area contributed by atoms with Crippen LogP contribution >= 0.6 is 11.6 Å². The molecule has 3 aromatic rings. The highest BCUT2D eigenvalue weighted by Crippen LogP contribution is 2.37. The first kappa shape index (κ1) is 26.1. The number of piperidine rings is 1. The van der Waals surface area contributed by atoms with Crippen molar-refractivity contribution < 1.29 is 13.2 Å². The van der Waals surface area contributed by atoms with E-state index in [0.29, 0.717) is 31.1 Å². The Bertz CT molecular complexity index is 1290. The molecular weight excluding hydrogens is 498 g/mol. The lowest BCUT2D eigenvalue weighted by atomic mass is 9.74. The fourth-order valence-corrected chi connectivity index (χ4v) is 5.84. The third-order valence-corrected chi connectivity index (χ3v) is 8.44. The average Bonchev–Trinajstić information content (AvgIpc) is 2.91. The molecular formula is C26H28ClN5O3S. The van der Waals surface area contributed by atoms with Crippen molar-refractivity contribution in [2.45, 2.75) is 29.7 Å². The summed E-state index contributed by atoms with van der Waals surface area (Å²) in [5.41, 5.74) is 1.92. The zero-order valence-electron chi connectivity index (χ0n) is 19.7. The first-order chi connectivity index (χ1) is 17.4. The maximum absolute atomic E-state index is 13.2.